The van der Waals surface area contributed by atoms with Crippen LogP contribution in [0.15, 0.2) is 0 Å². The lowest BCUT2D eigenvalue weighted by atomic mass is 10.1. The van der Waals surface area contributed by atoms with E-state index in [9.17, 15) is 10.2 Å². The fourth-order valence-electron chi connectivity index (χ4n) is 0.301. The van der Waals surface area contributed by atoms with Gasteiger partial charge in [0.05, 0.1) is 0 Å². The van der Waals surface area contributed by atoms with Crippen molar-refractivity contribution in [1.82, 2.24) is 0 Å². The molecule has 0 saturated carbocycles. The van der Waals surface area contributed by atoms with Gasteiger partial charge in [-0.1, -0.05) is 11.8 Å². The summed E-state index contributed by atoms with van der Waals surface area (Å²) in [5, 5.41) is 21.7. The Morgan fingerprint density at radius 1 is 0.800 bits per heavy atom. The van der Waals surface area contributed by atoms with Gasteiger partial charge in [0.2, 0.25) is 0 Å². The van der Waals surface area contributed by atoms with Gasteiger partial charge in [0.1, 0.15) is 0 Å². The minimum Gasteiger partial charge on any atom is -0.216 e. The molecular weight excluding hydrogens is 128 g/mol. The lowest BCUT2D eigenvalue weighted by Gasteiger charge is -2.06. The average molecular weight is 140 g/mol. The quantitative estimate of drug-likeness (QED) is 0.456. The Bertz CT molecular complexity index is 140. The number of rotatable bonds is 0. The van der Waals surface area contributed by atoms with Crippen LogP contribution in [0.25, 0.3) is 0 Å². The first-order valence-electron chi connectivity index (χ1n) is 3.16. The van der Waals surface area contributed by atoms with Gasteiger partial charge in [-0.15, -0.1) is 0 Å². The van der Waals surface area contributed by atoms with Crippen LogP contribution in [0.5, 0.6) is 0 Å². The highest BCUT2D eigenvalue weighted by Crippen LogP contribution is 2.03. The van der Waals surface area contributed by atoms with Gasteiger partial charge in [0.25, 0.3) is 0 Å². The Labute approximate surface area is 61.9 Å². The second-order valence-corrected chi connectivity index (χ2v) is 3.27. The molecule has 0 aromatic rings. The molecule has 0 aromatic heterocycles. The van der Waals surface area contributed by atoms with Gasteiger partial charge in [-0.25, -0.2) is 10.2 Å². The van der Waals surface area contributed by atoms with E-state index in [2.05, 4.69) is 11.8 Å². The molecule has 0 unspecified atom stereocenters. The predicted octanol–water partition coefficient (Wildman–Crippen LogP) is 1.41. The molecule has 56 valence electrons. The second kappa shape index (κ2) is 2.61. The minimum absolute atomic E-state index is 1.30. The molecule has 2 radical (unpaired) electrons. The molecule has 2 nitrogen and oxygen atoms in total. The van der Waals surface area contributed by atoms with Crippen molar-refractivity contribution in [3.63, 3.8) is 0 Å². The van der Waals surface area contributed by atoms with Gasteiger partial charge in [0.15, 0.2) is 11.2 Å². The Kier molecular flexibility index (Phi) is 2.48. The molecule has 0 spiro atoms. The number of hydrogen-bond acceptors (Lipinski definition) is 0. The average Bonchev–Trinajstić information content (AvgIpc) is 1.57. The van der Waals surface area contributed by atoms with Crippen molar-refractivity contribution < 1.29 is 10.2 Å². The molecule has 0 aromatic carbocycles. The maximum Gasteiger partial charge on any atom is 0.158 e. The summed E-state index contributed by atoms with van der Waals surface area (Å²) in [5.74, 6) is 4.69. The Balaban J connectivity index is 4.19. The van der Waals surface area contributed by atoms with Crippen molar-refractivity contribution in [3.05, 3.63) is 0 Å². The monoisotopic (exact) mass is 140 g/mol. The Morgan fingerprint density at radius 2 is 1.00 bits per heavy atom. The van der Waals surface area contributed by atoms with E-state index in [0.717, 1.165) is 0 Å². The van der Waals surface area contributed by atoms with Gasteiger partial charge in [-0.05, 0) is 27.7 Å². The van der Waals surface area contributed by atoms with E-state index in [-0.39, 0.29) is 0 Å². The van der Waals surface area contributed by atoms with Crippen molar-refractivity contribution >= 4 is 0 Å². The van der Waals surface area contributed by atoms with E-state index in [0.29, 0.717) is 0 Å². The molecule has 2 heteroatoms. The van der Waals surface area contributed by atoms with Gasteiger partial charge >= 0.3 is 0 Å². The Morgan fingerprint density at radius 3 is 1.10 bits per heavy atom. The molecular formula is C8H12O2. The maximum absolute atomic E-state index is 10.8. The van der Waals surface area contributed by atoms with Crippen LogP contribution in [-0.2, 0) is 10.2 Å². The van der Waals surface area contributed by atoms with E-state index in [1.807, 2.05) is 0 Å². The van der Waals surface area contributed by atoms with Crippen molar-refractivity contribution in [2.24, 2.45) is 0 Å². The third kappa shape index (κ3) is 7.48. The number of hydrogen-bond donors (Lipinski definition) is 0. The van der Waals surface area contributed by atoms with Crippen molar-refractivity contribution in [2.75, 3.05) is 0 Å². The topological polar surface area (TPSA) is 39.8 Å². The summed E-state index contributed by atoms with van der Waals surface area (Å²) in [6.07, 6.45) is 0. The molecule has 0 N–H and O–H groups in total. The summed E-state index contributed by atoms with van der Waals surface area (Å²) >= 11 is 0. The summed E-state index contributed by atoms with van der Waals surface area (Å²) in [7, 11) is 0. The first-order chi connectivity index (χ1) is 4.21. The van der Waals surface area contributed by atoms with Crippen LogP contribution in [0.4, 0.5) is 0 Å². The SMILES string of the molecule is CC(C)([O])C#CC(C)(C)[O]. The fourth-order valence-corrected chi connectivity index (χ4v) is 0.301. The summed E-state index contributed by atoms with van der Waals surface area (Å²) in [6, 6.07) is 0. The third-order valence-corrected chi connectivity index (χ3v) is 0.665. The molecule has 0 aliphatic carbocycles. The molecule has 0 aliphatic heterocycles. The van der Waals surface area contributed by atoms with Crippen molar-refractivity contribution in [3.8, 4) is 11.8 Å². The lowest BCUT2D eigenvalue weighted by Crippen LogP contribution is -2.18. The van der Waals surface area contributed by atoms with Crippen LogP contribution < -0.4 is 0 Å². The van der Waals surface area contributed by atoms with Crippen LogP contribution in [0.2, 0.25) is 0 Å². The molecule has 0 rings (SSSR count). The Hall–Kier alpha value is -0.520. The standard InChI is InChI=1S/C8H12O2/c1-7(2,9)5-6-8(3,4)10/h1-4H3. The van der Waals surface area contributed by atoms with E-state index in [1.54, 1.807) is 0 Å². The zero-order valence-corrected chi connectivity index (χ0v) is 6.82. The first kappa shape index (κ1) is 9.48. The molecule has 0 heterocycles. The second-order valence-electron chi connectivity index (χ2n) is 3.27. The summed E-state index contributed by atoms with van der Waals surface area (Å²) < 4.78 is 0. The van der Waals surface area contributed by atoms with Crippen LogP contribution in [-0.4, -0.2) is 11.2 Å². The molecule has 10 heavy (non-hydrogen) atoms. The zero-order valence-electron chi connectivity index (χ0n) is 6.82. The smallest absolute Gasteiger partial charge is 0.158 e. The summed E-state index contributed by atoms with van der Waals surface area (Å²) in [5.41, 5.74) is -2.61. The summed E-state index contributed by atoms with van der Waals surface area (Å²) in [6.45, 7) is 5.74. The highest BCUT2D eigenvalue weighted by molar-refractivity contribution is 5.16. The highest BCUT2D eigenvalue weighted by Gasteiger charge is 2.14. The van der Waals surface area contributed by atoms with Gasteiger partial charge in [0, 0.05) is 0 Å². The lowest BCUT2D eigenvalue weighted by molar-refractivity contribution is 0.0473. The van der Waals surface area contributed by atoms with Crippen LogP contribution in [0, 0.1) is 11.8 Å². The largest absolute Gasteiger partial charge is 0.216 e. The fraction of sp³-hybridized carbons (Fsp3) is 0.750. The molecule has 0 saturated heterocycles. The van der Waals surface area contributed by atoms with Crippen molar-refractivity contribution in [2.45, 2.75) is 38.9 Å². The first-order valence-corrected chi connectivity index (χ1v) is 3.16. The third-order valence-electron chi connectivity index (χ3n) is 0.665. The van der Waals surface area contributed by atoms with E-state index in [1.165, 1.54) is 27.7 Å². The molecule has 0 amide bonds. The predicted molar refractivity (Wildman–Crippen MR) is 37.3 cm³/mol. The minimum atomic E-state index is -1.30. The molecule has 0 atom stereocenters. The van der Waals surface area contributed by atoms with E-state index >= 15 is 0 Å². The normalized spacial score (nSPS) is 12.2. The zero-order chi connectivity index (χ0) is 8.41. The van der Waals surface area contributed by atoms with Crippen LogP contribution in [0.1, 0.15) is 27.7 Å². The maximum atomic E-state index is 10.8. The van der Waals surface area contributed by atoms with Crippen LogP contribution in [0.3, 0.4) is 0 Å². The van der Waals surface area contributed by atoms with E-state index < -0.39 is 11.2 Å². The van der Waals surface area contributed by atoms with Gasteiger partial charge < -0.3 is 0 Å². The van der Waals surface area contributed by atoms with Crippen LogP contribution >= 0.6 is 0 Å². The van der Waals surface area contributed by atoms with Gasteiger partial charge in [-0.2, -0.15) is 0 Å². The van der Waals surface area contributed by atoms with Gasteiger partial charge in [-0.3, -0.25) is 0 Å². The molecule has 0 bridgehead atoms. The molecule has 0 aliphatic rings. The summed E-state index contributed by atoms with van der Waals surface area (Å²) in [4.78, 5) is 0. The van der Waals surface area contributed by atoms with E-state index in [4.69, 9.17) is 0 Å². The molecule has 0 fully saturated rings. The van der Waals surface area contributed by atoms with Crippen molar-refractivity contribution in [1.29, 1.82) is 0 Å². The highest BCUT2D eigenvalue weighted by atomic mass is 16.3.